The molecule has 0 aliphatic heterocycles. The molecular weight excluding hydrogens is 266 g/mol. The lowest BCUT2D eigenvalue weighted by Crippen LogP contribution is -2.24. The van der Waals surface area contributed by atoms with Crippen LogP contribution in [-0.4, -0.2) is 13.1 Å². The Balaban J connectivity index is 2.10. The number of ether oxygens (including phenoxy) is 1. The second-order valence-corrected chi connectivity index (χ2v) is 4.97. The minimum Gasteiger partial charge on any atom is -0.619 e. The van der Waals surface area contributed by atoms with Gasteiger partial charge in [-0.1, -0.05) is 12.1 Å². The highest BCUT2D eigenvalue weighted by molar-refractivity contribution is 5.92. The van der Waals surface area contributed by atoms with Gasteiger partial charge >= 0.3 is 5.97 Å². The van der Waals surface area contributed by atoms with Crippen LogP contribution in [0.4, 0.5) is 0 Å². The average molecular weight is 281 g/mol. The summed E-state index contributed by atoms with van der Waals surface area (Å²) in [6, 6.07) is 9.21. The highest BCUT2D eigenvalue weighted by Crippen LogP contribution is 2.32. The summed E-state index contributed by atoms with van der Waals surface area (Å²) in [5.41, 5.74) is 4.55. The van der Waals surface area contributed by atoms with Crippen molar-refractivity contribution >= 4 is 11.5 Å². The summed E-state index contributed by atoms with van der Waals surface area (Å²) >= 11 is 0. The number of methoxy groups -OCH3 is 1. The van der Waals surface area contributed by atoms with Crippen LogP contribution in [0.3, 0.4) is 0 Å². The molecule has 0 N–H and O–H groups in total. The summed E-state index contributed by atoms with van der Waals surface area (Å²) in [6.07, 6.45) is 6.97. The minimum atomic E-state index is -0.352. The topological polar surface area (TPSA) is 53.2 Å². The number of carbonyl (C=O) groups excluding carboxylic acids is 1. The van der Waals surface area contributed by atoms with Crippen LogP contribution in [0.15, 0.2) is 48.8 Å². The lowest BCUT2D eigenvalue weighted by Gasteiger charge is -2.18. The first-order valence-corrected chi connectivity index (χ1v) is 6.80. The van der Waals surface area contributed by atoms with Crippen molar-refractivity contribution in [3.8, 4) is 0 Å². The van der Waals surface area contributed by atoms with Gasteiger partial charge in [0.25, 0.3) is 0 Å². The molecule has 3 rings (SSSR count). The Morgan fingerprint density at radius 3 is 2.95 bits per heavy atom. The smallest absolute Gasteiger partial charge is 0.337 e. The van der Waals surface area contributed by atoms with Crippen LogP contribution in [0.1, 0.15) is 33.5 Å². The van der Waals surface area contributed by atoms with E-state index in [1.165, 1.54) is 18.9 Å². The van der Waals surface area contributed by atoms with Crippen LogP contribution < -0.4 is 4.73 Å². The van der Waals surface area contributed by atoms with Gasteiger partial charge in [-0.15, -0.1) is 0 Å². The van der Waals surface area contributed by atoms with E-state index >= 15 is 0 Å². The molecule has 0 unspecified atom stereocenters. The number of aryl methyl sites for hydroxylation is 1. The molecule has 1 aliphatic rings. The van der Waals surface area contributed by atoms with Crippen molar-refractivity contribution in [1.29, 1.82) is 0 Å². The van der Waals surface area contributed by atoms with Gasteiger partial charge in [-0.3, -0.25) is 0 Å². The second-order valence-electron chi connectivity index (χ2n) is 4.97. The fraction of sp³-hybridized carbons (Fsp3) is 0.176. The molecule has 1 aromatic heterocycles. The van der Waals surface area contributed by atoms with Crippen molar-refractivity contribution in [1.82, 2.24) is 0 Å². The van der Waals surface area contributed by atoms with Gasteiger partial charge in [0.1, 0.15) is 0 Å². The largest absolute Gasteiger partial charge is 0.619 e. The van der Waals surface area contributed by atoms with Gasteiger partial charge in [-0.2, -0.15) is 4.73 Å². The average Bonchev–Trinajstić information content (AvgIpc) is 2.53. The molecule has 1 aromatic carbocycles. The molecule has 0 fully saturated rings. The number of nitrogens with zero attached hydrogens (tertiary/aromatic N) is 1. The normalized spacial score (nSPS) is 13.3. The van der Waals surface area contributed by atoms with E-state index in [-0.39, 0.29) is 5.97 Å². The van der Waals surface area contributed by atoms with E-state index in [0.717, 1.165) is 34.3 Å². The molecule has 2 aromatic rings. The molecule has 21 heavy (non-hydrogen) atoms. The van der Waals surface area contributed by atoms with Gasteiger partial charge in [0, 0.05) is 11.6 Å². The number of hydrogen-bond donors (Lipinski definition) is 0. The van der Waals surface area contributed by atoms with Gasteiger partial charge in [0.05, 0.1) is 12.7 Å². The van der Waals surface area contributed by atoms with E-state index in [2.05, 4.69) is 6.08 Å². The zero-order valence-corrected chi connectivity index (χ0v) is 11.7. The Labute approximate surface area is 122 Å². The van der Waals surface area contributed by atoms with Crippen molar-refractivity contribution in [3.63, 3.8) is 0 Å². The molecule has 4 heteroatoms. The molecule has 1 heterocycles. The molecule has 0 atom stereocenters. The molecular formula is C17H15NO3. The van der Waals surface area contributed by atoms with Crippen molar-refractivity contribution < 1.29 is 14.3 Å². The number of carbonyl (C=O) groups is 1. The highest BCUT2D eigenvalue weighted by Gasteiger charge is 2.18. The third kappa shape index (κ3) is 2.52. The molecule has 0 saturated heterocycles. The number of fused-ring (bicyclic) bond motifs is 1. The molecule has 1 aliphatic carbocycles. The lowest BCUT2D eigenvalue weighted by atomic mass is 9.86. The Kier molecular flexibility index (Phi) is 3.44. The van der Waals surface area contributed by atoms with Gasteiger partial charge in [-0.25, -0.2) is 4.79 Å². The summed E-state index contributed by atoms with van der Waals surface area (Å²) in [6.45, 7) is 0. The Hall–Kier alpha value is -2.62. The maximum absolute atomic E-state index is 11.7. The number of benzene rings is 1. The third-order valence-corrected chi connectivity index (χ3v) is 3.67. The Morgan fingerprint density at radius 1 is 1.33 bits per heavy atom. The SMILES string of the molecule is COC(=O)c1ccc2c(c1)C(c1ccc[n+]([O-])c1)=CCC2. The first kappa shape index (κ1) is 13.4. The number of hydrogen-bond acceptors (Lipinski definition) is 3. The highest BCUT2D eigenvalue weighted by atomic mass is 16.5. The van der Waals surface area contributed by atoms with Crippen LogP contribution in [0.2, 0.25) is 0 Å². The minimum absolute atomic E-state index is 0.352. The monoisotopic (exact) mass is 281 g/mol. The zero-order valence-electron chi connectivity index (χ0n) is 11.7. The maximum Gasteiger partial charge on any atom is 0.337 e. The predicted octanol–water partition coefficient (Wildman–Crippen LogP) is 2.48. The second kappa shape index (κ2) is 5.40. The fourth-order valence-electron chi connectivity index (χ4n) is 2.66. The fourth-order valence-corrected chi connectivity index (χ4v) is 2.66. The van der Waals surface area contributed by atoms with Crippen LogP contribution >= 0.6 is 0 Å². The molecule has 0 bridgehead atoms. The molecule has 0 spiro atoms. The lowest BCUT2D eigenvalue weighted by molar-refractivity contribution is -0.605. The molecule has 0 amide bonds. The van der Waals surface area contributed by atoms with Crippen LogP contribution in [0.5, 0.6) is 0 Å². The van der Waals surface area contributed by atoms with Crippen LogP contribution in [0.25, 0.3) is 5.57 Å². The van der Waals surface area contributed by atoms with E-state index < -0.39 is 0 Å². The van der Waals surface area contributed by atoms with Crippen molar-refractivity contribution in [2.45, 2.75) is 12.8 Å². The van der Waals surface area contributed by atoms with Gasteiger partial charge < -0.3 is 9.94 Å². The van der Waals surface area contributed by atoms with Crippen molar-refractivity contribution in [2.24, 2.45) is 0 Å². The summed E-state index contributed by atoms with van der Waals surface area (Å²) < 4.78 is 5.56. The predicted molar refractivity (Wildman–Crippen MR) is 78.6 cm³/mol. The molecule has 0 saturated carbocycles. The first-order valence-electron chi connectivity index (χ1n) is 6.80. The zero-order chi connectivity index (χ0) is 14.8. The van der Waals surface area contributed by atoms with Crippen molar-refractivity contribution in [2.75, 3.05) is 7.11 Å². The van der Waals surface area contributed by atoms with E-state index in [1.54, 1.807) is 18.3 Å². The van der Waals surface area contributed by atoms with Crippen LogP contribution in [0, 0.1) is 5.21 Å². The number of aromatic nitrogens is 1. The summed E-state index contributed by atoms with van der Waals surface area (Å²) in [7, 11) is 1.37. The molecule has 4 nitrogen and oxygen atoms in total. The maximum atomic E-state index is 11.7. The molecule has 106 valence electrons. The Morgan fingerprint density at radius 2 is 2.19 bits per heavy atom. The summed E-state index contributed by atoms with van der Waals surface area (Å²) in [4.78, 5) is 11.7. The number of pyridine rings is 1. The standard InChI is InChI=1S/C17H15NO3/c1-21-17(19)13-8-7-12-4-2-6-15(16(12)10-13)14-5-3-9-18(20)11-14/h3,5-11H,2,4H2,1H3. The van der Waals surface area contributed by atoms with E-state index in [4.69, 9.17) is 4.74 Å². The van der Waals surface area contributed by atoms with Gasteiger partial charge in [-0.05, 0) is 47.7 Å². The van der Waals surface area contributed by atoms with Crippen molar-refractivity contribution in [3.05, 3.63) is 76.3 Å². The quantitative estimate of drug-likeness (QED) is 0.483. The van der Waals surface area contributed by atoms with Gasteiger partial charge in [0.2, 0.25) is 0 Å². The number of allylic oxidation sites excluding steroid dienone is 1. The number of esters is 1. The third-order valence-electron chi connectivity index (χ3n) is 3.67. The van der Waals surface area contributed by atoms with E-state index in [0.29, 0.717) is 5.56 Å². The first-order chi connectivity index (χ1) is 10.2. The van der Waals surface area contributed by atoms with Crippen LogP contribution in [-0.2, 0) is 11.2 Å². The summed E-state index contributed by atoms with van der Waals surface area (Å²) in [5, 5.41) is 11.5. The number of rotatable bonds is 2. The summed E-state index contributed by atoms with van der Waals surface area (Å²) in [5.74, 6) is -0.352. The Bertz CT molecular complexity index is 735. The van der Waals surface area contributed by atoms with Gasteiger partial charge in [0.15, 0.2) is 12.4 Å². The van der Waals surface area contributed by atoms with E-state index in [9.17, 15) is 10.0 Å². The van der Waals surface area contributed by atoms with E-state index in [1.807, 2.05) is 18.2 Å². The molecule has 0 radical (unpaired) electrons.